The van der Waals surface area contributed by atoms with Crippen molar-refractivity contribution in [3.63, 3.8) is 0 Å². The molecular formula is C44H28N2. The monoisotopic (exact) mass is 584 g/mol. The average Bonchev–Trinajstić information content (AvgIpc) is 3.64. The fourth-order valence-corrected chi connectivity index (χ4v) is 7.58. The van der Waals surface area contributed by atoms with Gasteiger partial charge in [-0.2, -0.15) is 0 Å². The summed E-state index contributed by atoms with van der Waals surface area (Å²) in [6, 6.07) is 62.0. The number of nitrogens with zero attached hydrogens (tertiary/aromatic N) is 2. The smallest absolute Gasteiger partial charge is 0.0547 e. The van der Waals surface area contributed by atoms with Crippen molar-refractivity contribution in [2.24, 2.45) is 0 Å². The molecule has 10 aromatic rings. The fraction of sp³-hybridized carbons (Fsp3) is 0. The highest BCUT2D eigenvalue weighted by Crippen LogP contribution is 2.39. The Bertz CT molecular complexity index is 2800. The van der Waals surface area contributed by atoms with E-state index in [1.165, 1.54) is 87.7 Å². The van der Waals surface area contributed by atoms with Crippen molar-refractivity contribution in [2.75, 3.05) is 0 Å². The maximum absolute atomic E-state index is 2.42. The molecule has 46 heavy (non-hydrogen) atoms. The normalized spacial score (nSPS) is 11.9. The van der Waals surface area contributed by atoms with E-state index in [4.69, 9.17) is 0 Å². The number of benzene rings is 8. The van der Waals surface area contributed by atoms with Gasteiger partial charge in [0.05, 0.1) is 22.1 Å². The first-order chi connectivity index (χ1) is 22.8. The maximum atomic E-state index is 2.42. The Morgan fingerprint density at radius 1 is 0.283 bits per heavy atom. The van der Waals surface area contributed by atoms with E-state index in [1.807, 2.05) is 0 Å². The number of fused-ring (bicyclic) bond motifs is 9. The minimum absolute atomic E-state index is 1.18. The van der Waals surface area contributed by atoms with Gasteiger partial charge in [-0.15, -0.1) is 0 Å². The molecule has 0 atom stereocenters. The minimum Gasteiger partial charge on any atom is -0.309 e. The summed E-state index contributed by atoms with van der Waals surface area (Å²) in [6.45, 7) is 0. The molecule has 8 aromatic carbocycles. The topological polar surface area (TPSA) is 9.86 Å². The van der Waals surface area contributed by atoms with Crippen LogP contribution < -0.4 is 0 Å². The molecule has 0 aliphatic carbocycles. The molecule has 0 saturated heterocycles. The quantitative estimate of drug-likeness (QED) is 0.195. The van der Waals surface area contributed by atoms with Crippen LogP contribution in [-0.2, 0) is 0 Å². The van der Waals surface area contributed by atoms with E-state index in [9.17, 15) is 0 Å². The van der Waals surface area contributed by atoms with Crippen LogP contribution in [0.4, 0.5) is 0 Å². The third kappa shape index (κ3) is 3.65. The number of hydrogen-bond acceptors (Lipinski definition) is 0. The second-order valence-corrected chi connectivity index (χ2v) is 12.2. The molecule has 0 aliphatic heterocycles. The van der Waals surface area contributed by atoms with Gasteiger partial charge in [0.25, 0.3) is 0 Å². The Kier molecular flexibility index (Phi) is 5.31. The molecule has 2 aromatic heterocycles. The Morgan fingerprint density at radius 3 is 1.74 bits per heavy atom. The van der Waals surface area contributed by atoms with Gasteiger partial charge in [-0.05, 0) is 87.3 Å². The lowest BCUT2D eigenvalue weighted by molar-refractivity contribution is 1.18. The maximum Gasteiger partial charge on any atom is 0.0547 e. The lowest BCUT2D eigenvalue weighted by Gasteiger charge is -2.11. The van der Waals surface area contributed by atoms with Gasteiger partial charge in [0.15, 0.2) is 0 Å². The van der Waals surface area contributed by atoms with Gasteiger partial charge in [-0.25, -0.2) is 0 Å². The van der Waals surface area contributed by atoms with Gasteiger partial charge < -0.3 is 9.13 Å². The van der Waals surface area contributed by atoms with Crippen LogP contribution in [0.5, 0.6) is 0 Å². The zero-order chi connectivity index (χ0) is 30.2. The molecule has 10 rings (SSSR count). The first-order valence-electron chi connectivity index (χ1n) is 15.9. The lowest BCUT2D eigenvalue weighted by Crippen LogP contribution is -1.94. The summed E-state index contributed by atoms with van der Waals surface area (Å²) in [5.74, 6) is 0. The lowest BCUT2D eigenvalue weighted by atomic mass is 9.97. The first-order valence-corrected chi connectivity index (χ1v) is 15.9. The van der Waals surface area contributed by atoms with Gasteiger partial charge in [0.2, 0.25) is 0 Å². The van der Waals surface area contributed by atoms with Crippen LogP contribution in [0.3, 0.4) is 0 Å². The number of hydrogen-bond donors (Lipinski definition) is 0. The predicted molar refractivity (Wildman–Crippen MR) is 196 cm³/mol. The highest BCUT2D eigenvalue weighted by Gasteiger charge is 2.16. The highest BCUT2D eigenvalue weighted by molar-refractivity contribution is 6.21. The van der Waals surface area contributed by atoms with Crippen LogP contribution in [0.2, 0.25) is 0 Å². The third-order valence-corrected chi connectivity index (χ3v) is 9.67. The summed E-state index contributed by atoms with van der Waals surface area (Å²) < 4.78 is 4.81. The summed E-state index contributed by atoms with van der Waals surface area (Å²) in [5.41, 5.74) is 9.69. The zero-order valence-electron chi connectivity index (χ0n) is 25.1. The second kappa shape index (κ2) is 9.69. The standard InChI is InChI=1S/C44H28N2/c1-2-12-34(13-3-1)45-41-17-9-7-15-39(41)44-36-23-19-31(26-33(36)21-25-42(44)45)32-20-24-38-37-14-6-8-16-40(37)46(43(38)28-32)35-22-18-29-10-4-5-11-30(29)27-35/h1-28H. The molecule has 0 bridgehead atoms. The second-order valence-electron chi connectivity index (χ2n) is 12.2. The van der Waals surface area contributed by atoms with Crippen molar-refractivity contribution in [1.82, 2.24) is 9.13 Å². The van der Waals surface area contributed by atoms with Crippen molar-refractivity contribution < 1.29 is 0 Å². The van der Waals surface area contributed by atoms with Crippen molar-refractivity contribution in [3.05, 3.63) is 170 Å². The van der Waals surface area contributed by atoms with Crippen LogP contribution in [0.25, 0.3) is 87.7 Å². The molecule has 2 heteroatoms. The molecule has 214 valence electrons. The fourth-order valence-electron chi connectivity index (χ4n) is 7.58. The first kappa shape index (κ1) is 25.2. The molecule has 0 radical (unpaired) electrons. The number of para-hydroxylation sites is 3. The van der Waals surface area contributed by atoms with E-state index in [2.05, 4.69) is 179 Å². The number of aromatic nitrogens is 2. The van der Waals surface area contributed by atoms with E-state index < -0.39 is 0 Å². The Balaban J connectivity index is 1.18. The molecule has 0 fully saturated rings. The van der Waals surface area contributed by atoms with Gasteiger partial charge in [-0.3, -0.25) is 0 Å². The van der Waals surface area contributed by atoms with E-state index >= 15 is 0 Å². The third-order valence-electron chi connectivity index (χ3n) is 9.67. The van der Waals surface area contributed by atoms with Crippen LogP contribution >= 0.6 is 0 Å². The van der Waals surface area contributed by atoms with Gasteiger partial charge in [0.1, 0.15) is 0 Å². The Labute approximate surface area is 266 Å². The summed E-state index contributed by atoms with van der Waals surface area (Å²) in [6.07, 6.45) is 0. The molecule has 0 unspecified atom stereocenters. The molecule has 0 amide bonds. The molecule has 0 N–H and O–H groups in total. The van der Waals surface area contributed by atoms with Crippen molar-refractivity contribution in [2.45, 2.75) is 0 Å². The van der Waals surface area contributed by atoms with Crippen LogP contribution in [0.1, 0.15) is 0 Å². The van der Waals surface area contributed by atoms with Crippen molar-refractivity contribution in [3.8, 4) is 22.5 Å². The molecule has 2 heterocycles. The Morgan fingerprint density at radius 2 is 0.891 bits per heavy atom. The van der Waals surface area contributed by atoms with Gasteiger partial charge in [0, 0.05) is 32.9 Å². The largest absolute Gasteiger partial charge is 0.309 e. The van der Waals surface area contributed by atoms with E-state index in [0.717, 1.165) is 0 Å². The molecule has 0 saturated carbocycles. The Hall–Kier alpha value is -6.12. The van der Waals surface area contributed by atoms with Gasteiger partial charge >= 0.3 is 0 Å². The number of rotatable bonds is 3. The molecule has 0 spiro atoms. The summed E-state index contributed by atoms with van der Waals surface area (Å²) in [5, 5.41) is 10.1. The average molecular weight is 585 g/mol. The van der Waals surface area contributed by atoms with Gasteiger partial charge in [-0.1, -0.05) is 115 Å². The summed E-state index contributed by atoms with van der Waals surface area (Å²) >= 11 is 0. The van der Waals surface area contributed by atoms with E-state index in [-0.39, 0.29) is 0 Å². The molecule has 0 aliphatic rings. The summed E-state index contributed by atoms with van der Waals surface area (Å²) in [7, 11) is 0. The zero-order valence-corrected chi connectivity index (χ0v) is 25.1. The highest BCUT2D eigenvalue weighted by atomic mass is 15.0. The molecule has 2 nitrogen and oxygen atoms in total. The van der Waals surface area contributed by atoms with Crippen LogP contribution in [-0.4, -0.2) is 9.13 Å². The molecular weight excluding hydrogens is 556 g/mol. The minimum atomic E-state index is 1.18. The van der Waals surface area contributed by atoms with Crippen molar-refractivity contribution in [1.29, 1.82) is 0 Å². The SMILES string of the molecule is c1ccc(-n2c3ccccc3c3c4ccc(-c5ccc6c7ccccc7n(-c7ccc8ccccc8c7)c6c5)cc4ccc32)cc1. The summed E-state index contributed by atoms with van der Waals surface area (Å²) in [4.78, 5) is 0. The predicted octanol–water partition coefficient (Wildman–Crippen LogP) is 11.9. The van der Waals surface area contributed by atoms with Crippen LogP contribution in [0, 0.1) is 0 Å². The van der Waals surface area contributed by atoms with E-state index in [1.54, 1.807) is 0 Å². The van der Waals surface area contributed by atoms with E-state index in [0.29, 0.717) is 0 Å². The van der Waals surface area contributed by atoms with Crippen molar-refractivity contribution >= 4 is 65.2 Å². The van der Waals surface area contributed by atoms with Crippen LogP contribution in [0.15, 0.2) is 170 Å².